The molecule has 0 amide bonds. The topological polar surface area (TPSA) is 228 Å². The minimum Gasteiger partial charge on any atom is -0.464 e. The van der Waals surface area contributed by atoms with Crippen molar-refractivity contribution in [1.29, 1.82) is 0 Å². The molecule has 0 spiro atoms. The van der Waals surface area contributed by atoms with Crippen LogP contribution in [0.15, 0.2) is 6.20 Å². The second kappa shape index (κ2) is 12.9. The molecule has 2 fully saturated rings. The zero-order valence-corrected chi connectivity index (χ0v) is 23.3. The normalized spacial score (nSPS) is 25.4. The molecule has 2 aromatic heterocycles. The zero-order valence-electron chi connectivity index (χ0n) is 21.6. The molecule has 0 radical (unpaired) electrons. The van der Waals surface area contributed by atoms with Crippen LogP contribution in [-0.4, -0.2) is 114 Å². The summed E-state index contributed by atoms with van der Waals surface area (Å²) < 4.78 is 34.4. The van der Waals surface area contributed by atoms with Crippen molar-refractivity contribution in [3.05, 3.63) is 11.5 Å². The summed E-state index contributed by atoms with van der Waals surface area (Å²) in [6.45, 7) is -1.74. The fourth-order valence-electron chi connectivity index (χ4n) is 4.65. The summed E-state index contributed by atoms with van der Waals surface area (Å²) in [6.07, 6.45) is -0.0813. The molecule has 1 saturated carbocycles. The lowest BCUT2D eigenvalue weighted by Gasteiger charge is -2.33. The lowest BCUT2D eigenvalue weighted by molar-refractivity contribution is -0.155. The molecule has 5 atom stereocenters. The highest BCUT2D eigenvalue weighted by molar-refractivity contribution is 7.53. The van der Waals surface area contributed by atoms with Gasteiger partial charge in [-0.2, -0.15) is 15.1 Å². The van der Waals surface area contributed by atoms with Gasteiger partial charge in [-0.25, -0.2) is 9.48 Å². The molecule has 1 saturated heterocycles. The van der Waals surface area contributed by atoms with E-state index in [1.807, 2.05) is 0 Å². The van der Waals surface area contributed by atoms with Gasteiger partial charge in [0, 0.05) is 6.04 Å². The van der Waals surface area contributed by atoms with Crippen LogP contribution in [-0.2, 0) is 28.3 Å². The van der Waals surface area contributed by atoms with E-state index in [1.54, 1.807) is 6.92 Å². The van der Waals surface area contributed by atoms with Crippen molar-refractivity contribution in [2.75, 3.05) is 38.4 Å². The van der Waals surface area contributed by atoms with Crippen LogP contribution in [0.25, 0.3) is 11.0 Å². The Labute approximate surface area is 233 Å². The summed E-state index contributed by atoms with van der Waals surface area (Å²) in [7, 11) is -5.20. The molecule has 4 rings (SSSR count). The second-order valence-corrected chi connectivity index (χ2v) is 11.8. The highest BCUT2D eigenvalue weighted by Gasteiger charge is 2.51. The van der Waals surface area contributed by atoms with Crippen molar-refractivity contribution in [3.63, 3.8) is 0 Å². The van der Waals surface area contributed by atoms with Crippen molar-refractivity contribution in [2.24, 2.45) is 0 Å². The Balaban J connectivity index is 1.49. The van der Waals surface area contributed by atoms with Gasteiger partial charge >= 0.3 is 13.6 Å². The third-order valence-electron chi connectivity index (χ3n) is 6.85. The van der Waals surface area contributed by atoms with Crippen LogP contribution in [0, 0.1) is 0 Å². The van der Waals surface area contributed by atoms with Gasteiger partial charge in [-0.1, -0.05) is 12.8 Å². The summed E-state index contributed by atoms with van der Waals surface area (Å²) in [5.41, 5.74) is 0.227. The number of hydrogen-bond acceptors (Lipinski definition) is 13. The highest BCUT2D eigenvalue weighted by atomic mass is 35.5. The minimum atomic E-state index is -5.20. The number of aromatic nitrogens is 4. The Morgan fingerprint density at radius 2 is 2.00 bits per heavy atom. The van der Waals surface area contributed by atoms with E-state index in [2.05, 4.69) is 20.4 Å². The van der Waals surface area contributed by atoms with Gasteiger partial charge in [-0.15, -0.1) is 0 Å². The SMILES string of the molecule is CCOC(=O)COC[C@@](CO)(OC[C@H]1O[C@@H](n2ncc3c(NC4CCCC4)nc(Cl)nc32)[C@H](O)[C@@H]1O)P(=O)(O)O. The number of nitrogens with one attached hydrogen (secondary N) is 1. The Hall–Kier alpha value is -1.98. The fourth-order valence-corrected chi connectivity index (χ4v) is 5.51. The van der Waals surface area contributed by atoms with Gasteiger partial charge in [0.1, 0.15) is 30.7 Å². The van der Waals surface area contributed by atoms with Gasteiger partial charge in [0.2, 0.25) is 10.6 Å². The summed E-state index contributed by atoms with van der Waals surface area (Å²) >= 11 is 6.16. The van der Waals surface area contributed by atoms with Crippen molar-refractivity contribution < 1.29 is 53.4 Å². The first kappa shape index (κ1) is 31.0. The predicted molar refractivity (Wildman–Crippen MR) is 137 cm³/mol. The van der Waals surface area contributed by atoms with E-state index in [1.165, 1.54) is 10.9 Å². The van der Waals surface area contributed by atoms with Crippen molar-refractivity contribution in [2.45, 2.75) is 68.5 Å². The first-order valence-electron chi connectivity index (χ1n) is 12.7. The Morgan fingerprint density at radius 1 is 1.27 bits per heavy atom. The number of fused-ring (bicyclic) bond motifs is 1. The van der Waals surface area contributed by atoms with Crippen molar-refractivity contribution in [1.82, 2.24) is 19.7 Å². The van der Waals surface area contributed by atoms with E-state index >= 15 is 0 Å². The number of hydrogen-bond donors (Lipinski definition) is 6. The zero-order chi connectivity index (χ0) is 29.1. The number of nitrogens with zero attached hydrogens (tertiary/aromatic N) is 4. The maximum atomic E-state index is 12.2. The maximum absolute atomic E-state index is 12.2. The molecular weight excluding hydrogens is 577 g/mol. The smallest absolute Gasteiger partial charge is 0.361 e. The van der Waals surface area contributed by atoms with Crippen molar-refractivity contribution >= 4 is 42.0 Å². The summed E-state index contributed by atoms with van der Waals surface area (Å²) in [6, 6.07) is 0.219. The van der Waals surface area contributed by atoms with Gasteiger partial charge in [-0.05, 0) is 31.4 Å². The highest BCUT2D eigenvalue weighted by Crippen LogP contribution is 2.51. The first-order valence-corrected chi connectivity index (χ1v) is 14.7. The Bertz CT molecular complexity index is 1230. The number of carbonyl (C=O) groups excluding carboxylic acids is 1. The van der Waals surface area contributed by atoms with Crippen LogP contribution >= 0.6 is 19.2 Å². The molecule has 0 bridgehead atoms. The first-order chi connectivity index (χ1) is 19.0. The van der Waals surface area contributed by atoms with Gasteiger partial charge < -0.3 is 49.4 Å². The second-order valence-electron chi connectivity index (χ2n) is 9.60. The molecule has 1 aliphatic carbocycles. The van der Waals surface area contributed by atoms with Gasteiger partial charge in [0.05, 0.1) is 38.0 Å². The van der Waals surface area contributed by atoms with E-state index < -0.39 is 69.9 Å². The molecule has 1 aliphatic heterocycles. The quantitative estimate of drug-likeness (QED) is 0.0990. The standard InChI is InChI=1S/C22H33ClN5O11P/c1-2-37-15(30)9-36-11-22(10-29,40(33,34)35)38-8-14-16(31)17(32)20(39-14)28-19-13(7-24-28)18(26-21(23)27-19)25-12-5-3-4-6-12/h7,12,14,16-17,20,29,31-32H,2-6,8-11H2,1H3,(H,25,26,27)(H2,33,34,35)/t14-,16-,17-,20-,22+/m1/s1. The molecule has 0 aromatic carbocycles. The molecule has 18 heteroatoms. The van der Waals surface area contributed by atoms with Gasteiger partial charge in [0.25, 0.3) is 0 Å². The molecular formula is C22H33ClN5O11P. The Kier molecular flexibility index (Phi) is 9.99. The van der Waals surface area contributed by atoms with E-state index in [-0.39, 0.29) is 23.6 Å². The molecule has 2 aromatic rings. The molecule has 3 heterocycles. The number of carbonyl (C=O) groups is 1. The van der Waals surface area contributed by atoms with E-state index in [0.717, 1.165) is 25.7 Å². The maximum Gasteiger partial charge on any atom is 0.361 e. The lowest BCUT2D eigenvalue weighted by Crippen LogP contribution is -2.45. The van der Waals surface area contributed by atoms with Crippen LogP contribution in [0.2, 0.25) is 5.28 Å². The molecule has 40 heavy (non-hydrogen) atoms. The molecule has 0 unspecified atom stereocenters. The Morgan fingerprint density at radius 3 is 2.65 bits per heavy atom. The predicted octanol–water partition coefficient (Wildman–Crippen LogP) is -0.0840. The molecule has 2 aliphatic rings. The number of rotatable bonds is 13. The third-order valence-corrected chi connectivity index (χ3v) is 8.48. The van der Waals surface area contributed by atoms with Crippen LogP contribution in [0.5, 0.6) is 0 Å². The average molecular weight is 610 g/mol. The summed E-state index contributed by atoms with van der Waals surface area (Å²) in [5.74, 6) is -0.309. The molecule has 16 nitrogen and oxygen atoms in total. The van der Waals surface area contributed by atoms with Crippen LogP contribution in [0.3, 0.4) is 0 Å². The van der Waals surface area contributed by atoms with Crippen LogP contribution in [0.1, 0.15) is 38.8 Å². The fraction of sp³-hybridized carbons (Fsp3) is 0.727. The summed E-state index contributed by atoms with van der Waals surface area (Å²) in [5, 5.41) is 36.7. The number of esters is 1. The number of aliphatic hydroxyl groups excluding tert-OH is 3. The average Bonchev–Trinajstić information content (AvgIpc) is 3.62. The van der Waals surface area contributed by atoms with E-state index in [4.69, 9.17) is 30.5 Å². The molecule has 224 valence electrons. The van der Waals surface area contributed by atoms with Gasteiger partial charge in [0.15, 0.2) is 11.9 Å². The largest absolute Gasteiger partial charge is 0.464 e. The number of anilines is 1. The van der Waals surface area contributed by atoms with Crippen molar-refractivity contribution in [3.8, 4) is 0 Å². The lowest BCUT2D eigenvalue weighted by atomic mass is 10.1. The number of ether oxygens (including phenoxy) is 4. The summed E-state index contributed by atoms with van der Waals surface area (Å²) in [4.78, 5) is 39.8. The monoisotopic (exact) mass is 609 g/mol. The minimum absolute atomic E-state index is 0.0696. The molecule has 6 N–H and O–H groups in total. The van der Waals surface area contributed by atoms with Crippen LogP contribution < -0.4 is 5.32 Å². The number of halogens is 1. The van der Waals surface area contributed by atoms with E-state index in [0.29, 0.717) is 11.2 Å². The van der Waals surface area contributed by atoms with Gasteiger partial charge in [-0.3, -0.25) is 4.57 Å². The third kappa shape index (κ3) is 6.57. The number of aliphatic hydroxyl groups is 3. The van der Waals surface area contributed by atoms with E-state index in [9.17, 15) is 34.5 Å². The van der Waals surface area contributed by atoms with Crippen LogP contribution in [0.4, 0.5) is 5.82 Å².